The quantitative estimate of drug-likeness (QED) is 0.647. The summed E-state index contributed by atoms with van der Waals surface area (Å²) in [5, 5.41) is 0.607. The van der Waals surface area contributed by atoms with Crippen molar-refractivity contribution in [2.24, 2.45) is 0 Å². The predicted octanol–water partition coefficient (Wildman–Crippen LogP) is 3.62. The summed E-state index contributed by atoms with van der Waals surface area (Å²) in [6, 6.07) is 13.1. The maximum atomic E-state index is 13.3. The molecule has 0 aliphatic carbocycles. The molecule has 1 amide bonds. The zero-order chi connectivity index (χ0) is 22.1. The molecule has 1 aromatic heterocycles. The van der Waals surface area contributed by atoms with Crippen molar-refractivity contribution in [2.75, 3.05) is 20.2 Å². The van der Waals surface area contributed by atoms with Crippen LogP contribution in [0.3, 0.4) is 0 Å². The second-order valence-corrected chi connectivity index (χ2v) is 8.30. The van der Waals surface area contributed by atoms with Crippen LogP contribution in [0, 0.1) is 6.92 Å². The van der Waals surface area contributed by atoms with Crippen molar-refractivity contribution in [3.8, 4) is 16.9 Å². The number of aryl methyl sites for hydroxylation is 1. The summed E-state index contributed by atoms with van der Waals surface area (Å²) in [7, 11) is 1.61. The number of rotatable bonds is 4. The van der Waals surface area contributed by atoms with Crippen molar-refractivity contribution in [3.63, 3.8) is 0 Å². The highest BCUT2D eigenvalue weighted by molar-refractivity contribution is 5.86. The number of ether oxygens (including phenoxy) is 2. The zero-order valence-corrected chi connectivity index (χ0v) is 18.4. The number of fused-ring (bicyclic) bond motifs is 1. The minimum absolute atomic E-state index is 0.00978. The second-order valence-electron chi connectivity index (χ2n) is 8.30. The Morgan fingerprint density at radius 1 is 1.10 bits per heavy atom. The summed E-state index contributed by atoms with van der Waals surface area (Å²) >= 11 is 0. The minimum Gasteiger partial charge on any atom is -0.497 e. The monoisotopic (exact) mass is 420 g/mol. The van der Waals surface area contributed by atoms with Gasteiger partial charge in [0.05, 0.1) is 24.8 Å². The molecule has 2 atom stereocenters. The van der Waals surface area contributed by atoms with Crippen molar-refractivity contribution in [2.45, 2.75) is 39.5 Å². The Kier molecular flexibility index (Phi) is 5.83. The number of morpholine rings is 1. The van der Waals surface area contributed by atoms with Gasteiger partial charge in [-0.05, 0) is 56.2 Å². The number of carbonyl (C=O) groups is 1. The maximum absolute atomic E-state index is 13.3. The molecule has 0 N–H and O–H groups in total. The molecule has 0 saturated carbocycles. The lowest BCUT2D eigenvalue weighted by Crippen LogP contribution is -2.49. The Balaban J connectivity index is 1.77. The van der Waals surface area contributed by atoms with Gasteiger partial charge in [-0.15, -0.1) is 0 Å². The van der Waals surface area contributed by atoms with Gasteiger partial charge in [0.2, 0.25) is 5.91 Å². The van der Waals surface area contributed by atoms with Gasteiger partial charge in [0.1, 0.15) is 12.3 Å². The van der Waals surface area contributed by atoms with E-state index in [1.54, 1.807) is 13.3 Å². The van der Waals surface area contributed by atoms with Crippen molar-refractivity contribution < 1.29 is 14.3 Å². The maximum Gasteiger partial charge on any atom is 0.242 e. The molecule has 0 radical (unpaired) electrons. The smallest absolute Gasteiger partial charge is 0.242 e. The van der Waals surface area contributed by atoms with Gasteiger partial charge in [0.25, 0.3) is 0 Å². The molecule has 0 bridgehead atoms. The molecular formula is C25H28N2O4. The van der Waals surface area contributed by atoms with Crippen LogP contribution in [0.1, 0.15) is 19.4 Å². The average molecular weight is 421 g/mol. The lowest BCUT2D eigenvalue weighted by atomic mass is 10.0. The number of pyridine rings is 1. The molecule has 2 aromatic carbocycles. The van der Waals surface area contributed by atoms with Gasteiger partial charge < -0.3 is 18.9 Å². The van der Waals surface area contributed by atoms with E-state index >= 15 is 0 Å². The van der Waals surface area contributed by atoms with Gasteiger partial charge in [0.15, 0.2) is 5.43 Å². The van der Waals surface area contributed by atoms with Gasteiger partial charge in [-0.1, -0.05) is 18.2 Å². The number of hydrogen-bond acceptors (Lipinski definition) is 4. The molecule has 1 aliphatic heterocycles. The standard InChI is InChI=1S/C25H28N2O4/c1-16-5-10-21-23(11-16)26(15-24(28)27-12-17(2)31-18(3)13-27)14-22(25(21)29)19-6-8-20(30-4)9-7-19/h5-11,14,17-18H,12-13,15H2,1-4H3. The van der Waals surface area contributed by atoms with Crippen molar-refractivity contribution >= 4 is 16.8 Å². The molecule has 3 aromatic rings. The highest BCUT2D eigenvalue weighted by atomic mass is 16.5. The molecule has 0 spiro atoms. The van der Waals surface area contributed by atoms with E-state index < -0.39 is 0 Å². The molecule has 1 aliphatic rings. The van der Waals surface area contributed by atoms with Gasteiger partial charge >= 0.3 is 0 Å². The zero-order valence-electron chi connectivity index (χ0n) is 18.4. The first-order valence-electron chi connectivity index (χ1n) is 10.6. The van der Waals surface area contributed by atoms with E-state index in [-0.39, 0.29) is 30.1 Å². The molecular weight excluding hydrogens is 392 g/mol. The van der Waals surface area contributed by atoms with E-state index in [1.165, 1.54) is 0 Å². The summed E-state index contributed by atoms with van der Waals surface area (Å²) < 4.78 is 12.9. The van der Waals surface area contributed by atoms with Crippen LogP contribution >= 0.6 is 0 Å². The number of aromatic nitrogens is 1. The molecule has 6 nitrogen and oxygen atoms in total. The fraction of sp³-hybridized carbons (Fsp3) is 0.360. The summed E-state index contributed by atoms with van der Waals surface area (Å²) in [6.07, 6.45) is 1.82. The third-order valence-electron chi connectivity index (χ3n) is 5.72. The number of hydrogen-bond donors (Lipinski definition) is 0. The van der Waals surface area contributed by atoms with Crippen LogP contribution in [0.4, 0.5) is 0 Å². The summed E-state index contributed by atoms with van der Waals surface area (Å²) in [4.78, 5) is 28.3. The highest BCUT2D eigenvalue weighted by Gasteiger charge is 2.26. The lowest BCUT2D eigenvalue weighted by Gasteiger charge is -2.35. The summed E-state index contributed by atoms with van der Waals surface area (Å²) in [5.41, 5.74) is 3.12. The lowest BCUT2D eigenvalue weighted by molar-refractivity contribution is -0.143. The van der Waals surface area contributed by atoms with E-state index in [0.717, 1.165) is 22.4 Å². The number of benzene rings is 2. The van der Waals surface area contributed by atoms with Gasteiger partial charge in [-0.25, -0.2) is 0 Å². The van der Waals surface area contributed by atoms with Crippen LogP contribution in [0.25, 0.3) is 22.0 Å². The average Bonchev–Trinajstić information content (AvgIpc) is 2.75. The van der Waals surface area contributed by atoms with E-state index in [4.69, 9.17) is 9.47 Å². The molecule has 6 heteroatoms. The molecule has 1 fully saturated rings. The number of methoxy groups -OCH3 is 1. The fourth-order valence-corrected chi connectivity index (χ4v) is 4.23. The van der Waals surface area contributed by atoms with Gasteiger partial charge in [0, 0.05) is 30.2 Å². The summed E-state index contributed by atoms with van der Waals surface area (Å²) in [5.74, 6) is 0.750. The van der Waals surface area contributed by atoms with Crippen LogP contribution in [0.5, 0.6) is 5.75 Å². The first-order valence-corrected chi connectivity index (χ1v) is 10.6. The largest absolute Gasteiger partial charge is 0.497 e. The number of amides is 1. The normalized spacial score (nSPS) is 18.9. The molecule has 162 valence electrons. The second kappa shape index (κ2) is 8.55. The van der Waals surface area contributed by atoms with E-state index in [1.807, 2.05) is 72.7 Å². The Labute approximate surface area is 182 Å². The molecule has 4 rings (SSSR count). The van der Waals surface area contributed by atoms with Crippen LogP contribution in [-0.4, -0.2) is 47.8 Å². The van der Waals surface area contributed by atoms with E-state index in [9.17, 15) is 9.59 Å². The Bertz CT molecular complexity index is 1160. The number of carbonyl (C=O) groups excluding carboxylic acids is 1. The van der Waals surface area contributed by atoms with E-state index in [0.29, 0.717) is 24.0 Å². The first-order chi connectivity index (χ1) is 14.9. The molecule has 2 unspecified atom stereocenters. The van der Waals surface area contributed by atoms with E-state index in [2.05, 4.69) is 0 Å². The topological polar surface area (TPSA) is 60.8 Å². The first kappa shape index (κ1) is 21.1. The Hall–Kier alpha value is -3.12. The SMILES string of the molecule is COc1ccc(-c2cn(CC(=O)N3CC(C)OC(C)C3)c3cc(C)ccc3c2=O)cc1. The third-order valence-corrected chi connectivity index (χ3v) is 5.72. The van der Waals surface area contributed by atoms with Crippen LogP contribution in [0.2, 0.25) is 0 Å². The summed E-state index contributed by atoms with van der Waals surface area (Å²) in [6.45, 7) is 7.27. The van der Waals surface area contributed by atoms with Crippen LogP contribution in [0.15, 0.2) is 53.5 Å². The third kappa shape index (κ3) is 4.35. The van der Waals surface area contributed by atoms with Crippen LogP contribution < -0.4 is 10.2 Å². The van der Waals surface area contributed by atoms with Crippen LogP contribution in [-0.2, 0) is 16.1 Å². The fourth-order valence-electron chi connectivity index (χ4n) is 4.23. The Morgan fingerprint density at radius 2 is 1.77 bits per heavy atom. The molecule has 2 heterocycles. The van der Waals surface area contributed by atoms with Gasteiger partial charge in [-0.3, -0.25) is 9.59 Å². The van der Waals surface area contributed by atoms with Crippen molar-refractivity contribution in [1.82, 2.24) is 9.47 Å². The van der Waals surface area contributed by atoms with Gasteiger partial charge in [-0.2, -0.15) is 0 Å². The number of nitrogens with zero attached hydrogens (tertiary/aromatic N) is 2. The minimum atomic E-state index is -0.0440. The Morgan fingerprint density at radius 3 is 2.42 bits per heavy atom. The highest BCUT2D eigenvalue weighted by Crippen LogP contribution is 2.23. The molecule has 1 saturated heterocycles. The molecule has 31 heavy (non-hydrogen) atoms. The van der Waals surface area contributed by atoms with Crippen molar-refractivity contribution in [1.29, 1.82) is 0 Å². The predicted molar refractivity (Wildman–Crippen MR) is 122 cm³/mol. The van der Waals surface area contributed by atoms with Crippen molar-refractivity contribution in [3.05, 3.63) is 64.4 Å².